The van der Waals surface area contributed by atoms with Crippen LogP contribution in [0.15, 0.2) is 0 Å². The molecular formula is C6H12O4. The topological polar surface area (TPSA) is 69.9 Å². The largest absolute Gasteiger partial charge is 0.390 e. The number of rotatable bonds is 0. The van der Waals surface area contributed by atoms with Gasteiger partial charge in [-0.3, -0.25) is 0 Å². The van der Waals surface area contributed by atoms with Crippen LogP contribution in [0.2, 0.25) is 0 Å². The standard InChI is InChI=1S/C6H12O4/c1-3-4(7)2-5(8)6(9)10-3/h3-9H,2H2,1H3/t3-,4-,5-,6+/m1/s1. The zero-order valence-corrected chi connectivity index (χ0v) is 5.77. The van der Waals surface area contributed by atoms with Gasteiger partial charge in [-0.15, -0.1) is 0 Å². The molecule has 60 valence electrons. The van der Waals surface area contributed by atoms with Crippen LogP contribution in [0, 0.1) is 0 Å². The summed E-state index contributed by atoms with van der Waals surface area (Å²) in [6.45, 7) is 1.65. The van der Waals surface area contributed by atoms with Crippen molar-refractivity contribution in [2.45, 2.75) is 37.9 Å². The molecule has 0 aliphatic carbocycles. The Hall–Kier alpha value is -0.160. The van der Waals surface area contributed by atoms with E-state index in [1.165, 1.54) is 0 Å². The van der Waals surface area contributed by atoms with Crippen LogP contribution in [0.5, 0.6) is 0 Å². The normalized spacial score (nSPS) is 49.2. The summed E-state index contributed by atoms with van der Waals surface area (Å²) in [4.78, 5) is 0. The lowest BCUT2D eigenvalue weighted by Gasteiger charge is -2.32. The first-order valence-electron chi connectivity index (χ1n) is 3.31. The van der Waals surface area contributed by atoms with E-state index in [0.29, 0.717) is 0 Å². The highest BCUT2D eigenvalue weighted by Gasteiger charge is 2.32. The van der Waals surface area contributed by atoms with Crippen LogP contribution in [0.4, 0.5) is 0 Å². The van der Waals surface area contributed by atoms with Gasteiger partial charge in [-0.1, -0.05) is 0 Å². The SMILES string of the molecule is C[C@H]1O[C@H](O)[C@H](O)C[C@H]1O. The van der Waals surface area contributed by atoms with Crippen molar-refractivity contribution in [3.63, 3.8) is 0 Å². The van der Waals surface area contributed by atoms with Crippen LogP contribution in [-0.4, -0.2) is 39.9 Å². The van der Waals surface area contributed by atoms with Crippen LogP contribution in [0.1, 0.15) is 13.3 Å². The van der Waals surface area contributed by atoms with Crippen molar-refractivity contribution in [3.8, 4) is 0 Å². The Labute approximate surface area is 59.1 Å². The molecule has 1 saturated heterocycles. The van der Waals surface area contributed by atoms with Crippen molar-refractivity contribution in [2.24, 2.45) is 0 Å². The fourth-order valence-electron chi connectivity index (χ4n) is 0.957. The predicted octanol–water partition coefficient (Wildman–Crippen LogP) is -1.16. The Morgan fingerprint density at radius 2 is 1.80 bits per heavy atom. The third-order valence-corrected chi connectivity index (χ3v) is 1.71. The molecule has 4 heteroatoms. The van der Waals surface area contributed by atoms with Crippen LogP contribution >= 0.6 is 0 Å². The molecule has 0 radical (unpaired) electrons. The minimum Gasteiger partial charge on any atom is -0.390 e. The summed E-state index contributed by atoms with van der Waals surface area (Å²) in [5, 5.41) is 26.9. The quantitative estimate of drug-likeness (QED) is 0.405. The molecule has 1 heterocycles. The lowest BCUT2D eigenvalue weighted by molar-refractivity contribution is -0.240. The maximum atomic E-state index is 9.07. The van der Waals surface area contributed by atoms with Crippen molar-refractivity contribution in [2.75, 3.05) is 0 Å². The van der Waals surface area contributed by atoms with E-state index in [-0.39, 0.29) is 6.42 Å². The molecule has 4 nitrogen and oxygen atoms in total. The zero-order chi connectivity index (χ0) is 7.72. The third kappa shape index (κ3) is 1.46. The van der Waals surface area contributed by atoms with Gasteiger partial charge in [0.25, 0.3) is 0 Å². The minimum absolute atomic E-state index is 0.183. The highest BCUT2D eigenvalue weighted by molar-refractivity contribution is 4.76. The first kappa shape index (κ1) is 7.94. The van der Waals surface area contributed by atoms with Crippen LogP contribution in [0.3, 0.4) is 0 Å². The van der Waals surface area contributed by atoms with E-state index in [0.717, 1.165) is 0 Å². The first-order chi connectivity index (χ1) is 4.61. The molecule has 1 aliphatic rings. The van der Waals surface area contributed by atoms with Gasteiger partial charge in [-0.05, 0) is 6.92 Å². The molecule has 3 N–H and O–H groups in total. The highest BCUT2D eigenvalue weighted by Crippen LogP contribution is 2.17. The molecule has 1 rings (SSSR count). The molecule has 1 fully saturated rings. The second-order valence-corrected chi connectivity index (χ2v) is 2.60. The Bertz CT molecular complexity index is 90.3. The van der Waals surface area contributed by atoms with E-state index in [2.05, 4.69) is 0 Å². The Morgan fingerprint density at radius 3 is 2.30 bits per heavy atom. The Balaban J connectivity index is 2.46. The number of aliphatic hydroxyl groups excluding tert-OH is 3. The van der Waals surface area contributed by atoms with Gasteiger partial charge in [-0.25, -0.2) is 0 Å². The maximum absolute atomic E-state index is 9.07. The first-order valence-corrected chi connectivity index (χ1v) is 3.31. The summed E-state index contributed by atoms with van der Waals surface area (Å²) in [5.74, 6) is 0. The molecule has 0 spiro atoms. The number of hydrogen-bond acceptors (Lipinski definition) is 4. The van der Waals surface area contributed by atoms with Crippen molar-refractivity contribution in [1.29, 1.82) is 0 Å². The summed E-state index contributed by atoms with van der Waals surface area (Å²) in [7, 11) is 0. The van der Waals surface area contributed by atoms with Gasteiger partial charge in [0, 0.05) is 6.42 Å². The average Bonchev–Trinajstić information content (AvgIpc) is 1.84. The fraction of sp³-hybridized carbons (Fsp3) is 1.00. The summed E-state index contributed by atoms with van der Waals surface area (Å²) in [6.07, 6.45) is -2.97. The fourth-order valence-corrected chi connectivity index (χ4v) is 0.957. The molecule has 0 aromatic carbocycles. The molecule has 0 amide bonds. The van der Waals surface area contributed by atoms with Crippen molar-refractivity contribution in [1.82, 2.24) is 0 Å². The number of hydrogen-bond donors (Lipinski definition) is 3. The number of ether oxygens (including phenoxy) is 1. The molecule has 0 aromatic heterocycles. The summed E-state index contributed by atoms with van der Waals surface area (Å²) < 4.78 is 4.77. The van der Waals surface area contributed by atoms with Crippen LogP contribution in [0.25, 0.3) is 0 Å². The monoisotopic (exact) mass is 148 g/mol. The second kappa shape index (κ2) is 2.84. The summed E-state index contributed by atoms with van der Waals surface area (Å²) in [5.41, 5.74) is 0. The van der Waals surface area contributed by atoms with Crippen LogP contribution < -0.4 is 0 Å². The maximum Gasteiger partial charge on any atom is 0.181 e. The Kier molecular flexibility index (Phi) is 2.25. The molecule has 10 heavy (non-hydrogen) atoms. The smallest absolute Gasteiger partial charge is 0.181 e. The summed E-state index contributed by atoms with van der Waals surface area (Å²) >= 11 is 0. The Morgan fingerprint density at radius 1 is 1.20 bits per heavy atom. The molecule has 4 atom stereocenters. The predicted molar refractivity (Wildman–Crippen MR) is 33.2 cm³/mol. The van der Waals surface area contributed by atoms with Gasteiger partial charge < -0.3 is 20.1 Å². The van der Waals surface area contributed by atoms with Crippen molar-refractivity contribution in [3.05, 3.63) is 0 Å². The zero-order valence-electron chi connectivity index (χ0n) is 5.77. The second-order valence-electron chi connectivity index (χ2n) is 2.60. The van der Waals surface area contributed by atoms with E-state index in [1.54, 1.807) is 6.92 Å². The van der Waals surface area contributed by atoms with E-state index in [4.69, 9.17) is 20.1 Å². The van der Waals surface area contributed by atoms with E-state index >= 15 is 0 Å². The molecule has 0 saturated carbocycles. The van der Waals surface area contributed by atoms with Crippen molar-refractivity contribution < 1.29 is 20.1 Å². The van der Waals surface area contributed by atoms with Gasteiger partial charge in [0.05, 0.1) is 12.2 Å². The third-order valence-electron chi connectivity index (χ3n) is 1.71. The van der Waals surface area contributed by atoms with Gasteiger partial charge in [0.2, 0.25) is 0 Å². The lowest BCUT2D eigenvalue weighted by atomic mass is 10.0. The molecule has 0 aromatic rings. The molecule has 0 unspecified atom stereocenters. The van der Waals surface area contributed by atoms with E-state index in [9.17, 15) is 0 Å². The van der Waals surface area contributed by atoms with Gasteiger partial charge in [0.15, 0.2) is 6.29 Å². The van der Waals surface area contributed by atoms with Crippen molar-refractivity contribution >= 4 is 0 Å². The number of aliphatic hydroxyl groups is 3. The molecule has 0 bridgehead atoms. The van der Waals surface area contributed by atoms with Gasteiger partial charge >= 0.3 is 0 Å². The highest BCUT2D eigenvalue weighted by atomic mass is 16.6. The van der Waals surface area contributed by atoms with Crippen LogP contribution in [-0.2, 0) is 4.74 Å². The molecular weight excluding hydrogens is 136 g/mol. The van der Waals surface area contributed by atoms with E-state index in [1.807, 2.05) is 0 Å². The van der Waals surface area contributed by atoms with Gasteiger partial charge in [-0.2, -0.15) is 0 Å². The van der Waals surface area contributed by atoms with Gasteiger partial charge in [0.1, 0.15) is 6.10 Å². The summed E-state index contributed by atoms with van der Waals surface area (Å²) in [6, 6.07) is 0. The minimum atomic E-state index is -1.14. The average molecular weight is 148 g/mol. The van der Waals surface area contributed by atoms with E-state index < -0.39 is 24.6 Å². The molecule has 1 aliphatic heterocycles. The lowest BCUT2D eigenvalue weighted by Crippen LogP contribution is -2.45.